The number of imide groups is 1. The molecule has 0 aromatic rings. The molecule has 3 heterocycles. The van der Waals surface area contributed by atoms with Gasteiger partial charge in [-0.2, -0.15) is 0 Å². The van der Waals surface area contributed by atoms with E-state index in [1.807, 2.05) is 4.90 Å². The van der Waals surface area contributed by atoms with Gasteiger partial charge in [0.2, 0.25) is 0 Å². The van der Waals surface area contributed by atoms with Crippen molar-refractivity contribution in [1.29, 1.82) is 0 Å². The minimum Gasteiger partial charge on any atom is -0.334 e. The van der Waals surface area contributed by atoms with Gasteiger partial charge in [0, 0.05) is 32.7 Å². The monoisotopic (exact) mass is 350 g/mol. The van der Waals surface area contributed by atoms with Crippen LogP contribution < -0.4 is 5.32 Å². The molecule has 0 aromatic heterocycles. The summed E-state index contributed by atoms with van der Waals surface area (Å²) in [4.78, 5) is 37.4. The quantitative estimate of drug-likeness (QED) is 0.701. The van der Waals surface area contributed by atoms with Crippen LogP contribution in [0.1, 0.15) is 32.6 Å². The number of aliphatic imine (C=N–C) groups is 1. The number of urea groups is 1. The molecule has 0 radical (unpaired) electrons. The average Bonchev–Trinajstić information content (AvgIpc) is 2.98. The maximum Gasteiger partial charge on any atom is 0.328 e. The van der Waals surface area contributed by atoms with Crippen molar-refractivity contribution >= 4 is 17.9 Å². The number of hydrogen-bond acceptors (Lipinski definition) is 6. The van der Waals surface area contributed by atoms with Crippen molar-refractivity contribution in [3.63, 3.8) is 0 Å². The third-order valence-corrected chi connectivity index (χ3v) is 5.61. The number of nitrogens with zero attached hydrogens (tertiary/aromatic N) is 5. The first-order chi connectivity index (χ1) is 11.9. The van der Waals surface area contributed by atoms with Crippen molar-refractivity contribution in [2.24, 2.45) is 4.99 Å². The molecule has 2 unspecified atom stereocenters. The van der Waals surface area contributed by atoms with Crippen LogP contribution in [-0.2, 0) is 4.79 Å². The molecular weight excluding hydrogens is 320 g/mol. The Bertz CT molecular complexity index is 563. The lowest BCUT2D eigenvalue weighted by Crippen LogP contribution is -2.66. The third-order valence-electron chi connectivity index (χ3n) is 5.61. The summed E-state index contributed by atoms with van der Waals surface area (Å²) in [7, 11) is 5.91. The van der Waals surface area contributed by atoms with Gasteiger partial charge in [-0.1, -0.05) is 6.42 Å². The SMILES string of the molecule is C[C@@H](CCCCN1C(=O)C2C(NC3=NCCCN32)N(C)C1=O)N(C)C. The Kier molecular flexibility index (Phi) is 5.17. The normalized spacial score (nSPS) is 27.2. The summed E-state index contributed by atoms with van der Waals surface area (Å²) in [6.07, 6.45) is 3.55. The fourth-order valence-electron chi connectivity index (χ4n) is 3.72. The number of hydrogen-bond donors (Lipinski definition) is 1. The molecule has 140 valence electrons. The molecule has 1 N–H and O–H groups in total. The van der Waals surface area contributed by atoms with Gasteiger partial charge in [-0.25, -0.2) is 4.79 Å². The Morgan fingerprint density at radius 2 is 2.08 bits per heavy atom. The molecule has 0 aromatic carbocycles. The molecule has 3 atom stereocenters. The van der Waals surface area contributed by atoms with Crippen molar-refractivity contribution < 1.29 is 9.59 Å². The second-order valence-corrected chi connectivity index (χ2v) is 7.48. The predicted molar refractivity (Wildman–Crippen MR) is 96.2 cm³/mol. The van der Waals surface area contributed by atoms with Gasteiger partial charge in [0.1, 0.15) is 6.17 Å². The van der Waals surface area contributed by atoms with Gasteiger partial charge in [-0.3, -0.25) is 14.7 Å². The molecule has 0 bridgehead atoms. The molecule has 8 nitrogen and oxygen atoms in total. The first-order valence-corrected chi connectivity index (χ1v) is 9.24. The number of fused-ring (bicyclic) bond motifs is 3. The zero-order valence-electron chi connectivity index (χ0n) is 15.7. The van der Waals surface area contributed by atoms with Gasteiger partial charge in [-0.15, -0.1) is 0 Å². The molecule has 0 aliphatic carbocycles. The number of nitrogens with one attached hydrogen (secondary N) is 1. The van der Waals surface area contributed by atoms with Gasteiger partial charge < -0.3 is 20.0 Å². The lowest BCUT2D eigenvalue weighted by Gasteiger charge is -2.41. The molecular formula is C17H30N6O2. The Hall–Kier alpha value is -1.83. The minimum absolute atomic E-state index is 0.0895. The zero-order chi connectivity index (χ0) is 18.1. The average molecular weight is 350 g/mol. The van der Waals surface area contributed by atoms with Crippen LogP contribution in [0, 0.1) is 0 Å². The van der Waals surface area contributed by atoms with Crippen LogP contribution in [0.15, 0.2) is 4.99 Å². The van der Waals surface area contributed by atoms with E-state index >= 15 is 0 Å². The van der Waals surface area contributed by atoms with E-state index in [4.69, 9.17) is 0 Å². The highest BCUT2D eigenvalue weighted by Crippen LogP contribution is 2.26. The summed E-state index contributed by atoms with van der Waals surface area (Å²) >= 11 is 0. The summed E-state index contributed by atoms with van der Waals surface area (Å²) in [6.45, 7) is 4.27. The summed E-state index contributed by atoms with van der Waals surface area (Å²) in [5.41, 5.74) is 0. The standard InChI is InChI=1S/C17H30N6O2/c1-12(20(2)3)8-5-6-10-23-15(24)13-14(21(4)17(23)25)19-16-18-9-7-11-22(13)16/h12-14H,5-11H2,1-4H3,(H,18,19)/t12-,13?,14?/m0/s1. The molecule has 2 saturated heterocycles. The van der Waals surface area contributed by atoms with E-state index in [2.05, 4.69) is 36.2 Å². The number of rotatable bonds is 6. The number of likely N-dealkylation sites (N-methyl/N-ethyl adjacent to an activating group) is 1. The van der Waals surface area contributed by atoms with E-state index in [1.165, 1.54) is 4.90 Å². The fourth-order valence-corrected chi connectivity index (χ4v) is 3.72. The smallest absolute Gasteiger partial charge is 0.328 e. The summed E-state index contributed by atoms with van der Waals surface area (Å²) in [5, 5.41) is 3.25. The van der Waals surface area contributed by atoms with Crippen LogP contribution in [0.5, 0.6) is 0 Å². The number of guanidine groups is 1. The number of unbranched alkanes of at least 4 members (excludes halogenated alkanes) is 1. The van der Waals surface area contributed by atoms with Crippen LogP contribution in [0.3, 0.4) is 0 Å². The Morgan fingerprint density at radius 1 is 1.32 bits per heavy atom. The van der Waals surface area contributed by atoms with Crippen LogP contribution >= 0.6 is 0 Å². The maximum atomic E-state index is 13.0. The largest absolute Gasteiger partial charge is 0.334 e. The molecule has 3 amide bonds. The molecule has 2 fully saturated rings. The first kappa shape index (κ1) is 18.0. The number of amides is 3. The minimum atomic E-state index is -0.345. The van der Waals surface area contributed by atoms with Crippen LogP contribution in [0.2, 0.25) is 0 Å². The zero-order valence-corrected chi connectivity index (χ0v) is 15.7. The number of carbonyl (C=O) groups excluding carboxylic acids is 2. The topological polar surface area (TPSA) is 71.5 Å². The Morgan fingerprint density at radius 3 is 2.80 bits per heavy atom. The van der Waals surface area contributed by atoms with Crippen molar-refractivity contribution in [3.05, 3.63) is 0 Å². The van der Waals surface area contributed by atoms with Crippen LogP contribution in [0.25, 0.3) is 0 Å². The summed E-state index contributed by atoms with van der Waals surface area (Å²) in [6, 6.07) is -0.0479. The van der Waals surface area contributed by atoms with Crippen LogP contribution in [-0.4, -0.2) is 96.5 Å². The van der Waals surface area contributed by atoms with E-state index in [9.17, 15) is 9.59 Å². The van der Waals surface area contributed by atoms with Crippen molar-refractivity contribution in [2.75, 3.05) is 40.8 Å². The predicted octanol–water partition coefficient (Wildman–Crippen LogP) is 0.360. The van der Waals surface area contributed by atoms with E-state index in [-0.39, 0.29) is 24.1 Å². The van der Waals surface area contributed by atoms with Gasteiger partial charge in [0.15, 0.2) is 12.0 Å². The second kappa shape index (κ2) is 7.19. The molecule has 3 aliphatic heterocycles. The molecule has 3 aliphatic rings. The highest BCUT2D eigenvalue weighted by Gasteiger charge is 2.53. The van der Waals surface area contributed by atoms with E-state index in [0.29, 0.717) is 12.6 Å². The third kappa shape index (κ3) is 3.31. The molecule has 3 rings (SSSR count). The van der Waals surface area contributed by atoms with E-state index in [1.54, 1.807) is 11.9 Å². The first-order valence-electron chi connectivity index (χ1n) is 9.24. The van der Waals surface area contributed by atoms with Crippen molar-refractivity contribution in [1.82, 2.24) is 24.9 Å². The van der Waals surface area contributed by atoms with Crippen molar-refractivity contribution in [2.45, 2.75) is 50.9 Å². The van der Waals surface area contributed by atoms with Crippen LogP contribution in [0.4, 0.5) is 4.79 Å². The maximum absolute atomic E-state index is 13.0. The summed E-state index contributed by atoms with van der Waals surface area (Å²) in [5.74, 6) is 0.671. The van der Waals surface area contributed by atoms with Crippen molar-refractivity contribution in [3.8, 4) is 0 Å². The lowest BCUT2D eigenvalue weighted by atomic mass is 10.1. The van der Waals surface area contributed by atoms with Gasteiger partial charge in [0.05, 0.1) is 0 Å². The molecule has 0 spiro atoms. The second-order valence-electron chi connectivity index (χ2n) is 7.48. The number of carbonyl (C=O) groups is 2. The van der Waals surface area contributed by atoms with E-state index in [0.717, 1.165) is 44.7 Å². The Labute approximate surface area is 149 Å². The fraction of sp³-hybridized carbons (Fsp3) is 0.824. The van der Waals surface area contributed by atoms with E-state index < -0.39 is 0 Å². The highest BCUT2D eigenvalue weighted by molar-refractivity contribution is 6.04. The van der Waals surface area contributed by atoms with Gasteiger partial charge in [-0.05, 0) is 40.3 Å². The van der Waals surface area contributed by atoms with Gasteiger partial charge in [0.25, 0.3) is 5.91 Å². The molecule has 0 saturated carbocycles. The van der Waals surface area contributed by atoms with Gasteiger partial charge >= 0.3 is 6.03 Å². The molecule has 8 heteroatoms. The molecule has 25 heavy (non-hydrogen) atoms. The highest BCUT2D eigenvalue weighted by atomic mass is 16.2. The summed E-state index contributed by atoms with van der Waals surface area (Å²) < 4.78 is 0. The lowest BCUT2D eigenvalue weighted by molar-refractivity contribution is -0.137. The Balaban J connectivity index is 1.63.